The quantitative estimate of drug-likeness (QED) is 0.783. The number of hydrogen-bond donors (Lipinski definition) is 0. The average molecular weight is 349 g/mol. The Balaban J connectivity index is 1.61. The van der Waals surface area contributed by atoms with E-state index in [0.29, 0.717) is 23.1 Å². The van der Waals surface area contributed by atoms with Gasteiger partial charge in [-0.1, -0.05) is 29.8 Å². The number of halogens is 1. The number of benzene rings is 1. The summed E-state index contributed by atoms with van der Waals surface area (Å²) in [6, 6.07) is 11.2. The first-order valence-corrected chi connectivity index (χ1v) is 9.56. The molecule has 0 saturated carbocycles. The van der Waals surface area contributed by atoms with Gasteiger partial charge in [0.1, 0.15) is 5.15 Å². The van der Waals surface area contributed by atoms with Crippen LogP contribution in [0.1, 0.15) is 22.7 Å². The molecule has 120 valence electrons. The van der Waals surface area contributed by atoms with E-state index in [4.69, 9.17) is 11.6 Å². The number of fused-ring (bicyclic) bond motifs is 3. The summed E-state index contributed by atoms with van der Waals surface area (Å²) in [6.07, 6.45) is 0. The molecule has 2 atom stereocenters. The van der Waals surface area contributed by atoms with Gasteiger partial charge in [0.05, 0.1) is 15.8 Å². The van der Waals surface area contributed by atoms with Crippen LogP contribution in [0.4, 0.5) is 0 Å². The Morgan fingerprint density at radius 3 is 2.83 bits per heavy atom. The fourth-order valence-electron chi connectivity index (χ4n) is 3.81. The summed E-state index contributed by atoms with van der Waals surface area (Å²) in [6.45, 7) is 3.91. The second-order valence-corrected chi connectivity index (χ2v) is 8.90. The third-order valence-corrected chi connectivity index (χ3v) is 7.20. The van der Waals surface area contributed by atoms with Crippen molar-refractivity contribution in [2.45, 2.75) is 29.5 Å². The van der Waals surface area contributed by atoms with Crippen molar-refractivity contribution < 1.29 is 8.42 Å². The van der Waals surface area contributed by atoms with E-state index in [1.807, 2.05) is 31.2 Å². The molecular formula is C17H17ClN2O2S. The fraction of sp³-hybridized carbons (Fsp3) is 0.353. The van der Waals surface area contributed by atoms with E-state index in [9.17, 15) is 8.42 Å². The van der Waals surface area contributed by atoms with Gasteiger partial charge in [-0.25, -0.2) is 13.4 Å². The van der Waals surface area contributed by atoms with Crippen LogP contribution >= 0.6 is 11.6 Å². The smallest absolute Gasteiger partial charge is 0.183 e. The SMILES string of the molecule is Cc1cc(Cl)nc(CN2C[C@H]3c4ccccc4S(=O)(=O)[C@H]3C2)c1. The van der Waals surface area contributed by atoms with Crippen LogP contribution in [0.25, 0.3) is 0 Å². The summed E-state index contributed by atoms with van der Waals surface area (Å²) in [5.74, 6) is 0.0662. The summed E-state index contributed by atoms with van der Waals surface area (Å²) in [5, 5.41) is 0.150. The average Bonchev–Trinajstić information content (AvgIpc) is 2.98. The van der Waals surface area contributed by atoms with Crippen LogP contribution in [0.3, 0.4) is 0 Å². The monoisotopic (exact) mass is 348 g/mol. The van der Waals surface area contributed by atoms with Crippen molar-refractivity contribution in [3.05, 3.63) is 58.4 Å². The minimum atomic E-state index is -3.21. The fourth-order valence-corrected chi connectivity index (χ4v) is 6.30. The summed E-state index contributed by atoms with van der Waals surface area (Å²) < 4.78 is 25.4. The van der Waals surface area contributed by atoms with Gasteiger partial charge in [0, 0.05) is 25.6 Å². The molecule has 0 aliphatic carbocycles. The normalized spacial score (nSPS) is 25.3. The molecule has 3 heterocycles. The first-order valence-electron chi connectivity index (χ1n) is 7.63. The highest BCUT2D eigenvalue weighted by Crippen LogP contribution is 2.44. The first-order chi connectivity index (χ1) is 10.9. The number of aromatic nitrogens is 1. The van der Waals surface area contributed by atoms with E-state index >= 15 is 0 Å². The van der Waals surface area contributed by atoms with Crippen molar-refractivity contribution in [1.82, 2.24) is 9.88 Å². The number of nitrogens with zero attached hydrogens (tertiary/aromatic N) is 2. The minimum absolute atomic E-state index is 0.0662. The zero-order valence-electron chi connectivity index (χ0n) is 12.7. The highest BCUT2D eigenvalue weighted by Gasteiger charge is 2.49. The lowest BCUT2D eigenvalue weighted by atomic mass is 9.99. The van der Waals surface area contributed by atoms with Gasteiger partial charge < -0.3 is 0 Å². The Morgan fingerprint density at radius 1 is 1.26 bits per heavy atom. The van der Waals surface area contributed by atoms with E-state index in [1.54, 1.807) is 12.1 Å². The molecule has 0 N–H and O–H groups in total. The van der Waals surface area contributed by atoms with Gasteiger partial charge in [0.25, 0.3) is 0 Å². The van der Waals surface area contributed by atoms with Crippen LogP contribution < -0.4 is 0 Å². The lowest BCUT2D eigenvalue weighted by Crippen LogP contribution is -2.26. The first kappa shape index (κ1) is 15.1. The second-order valence-electron chi connectivity index (χ2n) is 6.38. The molecule has 0 bridgehead atoms. The molecule has 1 aromatic heterocycles. The molecule has 4 nitrogen and oxygen atoms in total. The van der Waals surface area contributed by atoms with Crippen molar-refractivity contribution in [3.8, 4) is 0 Å². The van der Waals surface area contributed by atoms with Gasteiger partial charge in [-0.05, 0) is 36.2 Å². The van der Waals surface area contributed by atoms with Crippen molar-refractivity contribution in [2.75, 3.05) is 13.1 Å². The third kappa shape index (κ3) is 2.47. The van der Waals surface area contributed by atoms with Crippen molar-refractivity contribution in [2.24, 2.45) is 0 Å². The number of likely N-dealkylation sites (tertiary alicyclic amines) is 1. The number of aryl methyl sites for hydroxylation is 1. The van der Waals surface area contributed by atoms with E-state index in [-0.39, 0.29) is 11.2 Å². The standard InChI is InChI=1S/C17H17ClN2O2S/c1-11-6-12(19-17(18)7-11)8-20-9-14-13-4-2-3-5-15(13)23(21,22)16(14)10-20/h2-7,14,16H,8-10H2,1H3/t14-,16-/m0/s1. The van der Waals surface area contributed by atoms with Crippen LogP contribution in [0.15, 0.2) is 41.3 Å². The van der Waals surface area contributed by atoms with Gasteiger partial charge in [0.15, 0.2) is 9.84 Å². The van der Waals surface area contributed by atoms with Crippen LogP contribution in [0, 0.1) is 6.92 Å². The molecule has 1 saturated heterocycles. The van der Waals surface area contributed by atoms with Crippen LogP contribution in [0.2, 0.25) is 5.15 Å². The lowest BCUT2D eigenvalue weighted by Gasteiger charge is -2.17. The van der Waals surface area contributed by atoms with Crippen molar-refractivity contribution in [1.29, 1.82) is 0 Å². The van der Waals surface area contributed by atoms with E-state index in [2.05, 4.69) is 9.88 Å². The molecular weight excluding hydrogens is 332 g/mol. The molecule has 2 aliphatic heterocycles. The topological polar surface area (TPSA) is 50.3 Å². The molecule has 0 amide bonds. The molecule has 6 heteroatoms. The largest absolute Gasteiger partial charge is 0.296 e. The maximum Gasteiger partial charge on any atom is 0.183 e. The van der Waals surface area contributed by atoms with Crippen molar-refractivity contribution >= 4 is 21.4 Å². The van der Waals surface area contributed by atoms with Gasteiger partial charge in [-0.2, -0.15) is 0 Å². The molecule has 23 heavy (non-hydrogen) atoms. The van der Waals surface area contributed by atoms with Crippen LogP contribution in [0.5, 0.6) is 0 Å². The zero-order chi connectivity index (χ0) is 16.2. The third-order valence-electron chi connectivity index (χ3n) is 4.74. The zero-order valence-corrected chi connectivity index (χ0v) is 14.3. The number of rotatable bonds is 2. The van der Waals surface area contributed by atoms with Crippen molar-refractivity contribution in [3.63, 3.8) is 0 Å². The number of sulfone groups is 1. The van der Waals surface area contributed by atoms with Crippen LogP contribution in [-0.4, -0.2) is 36.6 Å². The van der Waals surface area contributed by atoms with Gasteiger partial charge >= 0.3 is 0 Å². The molecule has 4 rings (SSSR count). The summed E-state index contributed by atoms with van der Waals surface area (Å²) in [7, 11) is -3.21. The highest BCUT2D eigenvalue weighted by molar-refractivity contribution is 7.92. The molecule has 1 fully saturated rings. The molecule has 0 unspecified atom stereocenters. The molecule has 0 radical (unpaired) electrons. The van der Waals surface area contributed by atoms with E-state index in [1.165, 1.54) is 0 Å². The summed E-state index contributed by atoms with van der Waals surface area (Å²) in [4.78, 5) is 7.03. The predicted molar refractivity (Wildman–Crippen MR) is 89.4 cm³/mol. The Labute approximate surface area is 141 Å². The Hall–Kier alpha value is -1.43. The van der Waals surface area contributed by atoms with Gasteiger partial charge in [-0.15, -0.1) is 0 Å². The van der Waals surface area contributed by atoms with Crippen LogP contribution in [-0.2, 0) is 16.4 Å². The van der Waals surface area contributed by atoms with Gasteiger partial charge in [-0.3, -0.25) is 4.90 Å². The summed E-state index contributed by atoms with van der Waals surface area (Å²) >= 11 is 6.02. The molecule has 0 spiro atoms. The van der Waals surface area contributed by atoms with E-state index < -0.39 is 9.84 Å². The summed E-state index contributed by atoms with van der Waals surface area (Å²) in [5.41, 5.74) is 2.92. The molecule has 2 aliphatic rings. The molecule has 2 aromatic rings. The Kier molecular flexibility index (Phi) is 3.48. The predicted octanol–water partition coefficient (Wildman–Crippen LogP) is 2.80. The maximum absolute atomic E-state index is 12.7. The Morgan fingerprint density at radius 2 is 2.04 bits per heavy atom. The van der Waals surface area contributed by atoms with E-state index in [0.717, 1.165) is 23.4 Å². The minimum Gasteiger partial charge on any atom is -0.296 e. The lowest BCUT2D eigenvalue weighted by molar-refractivity contribution is 0.321. The second kappa shape index (κ2) is 5.30. The number of pyridine rings is 1. The van der Waals surface area contributed by atoms with Gasteiger partial charge in [0.2, 0.25) is 0 Å². The highest BCUT2D eigenvalue weighted by atomic mass is 35.5. The Bertz CT molecular complexity index is 862. The maximum atomic E-state index is 12.7. The molecule has 1 aromatic carbocycles. The number of hydrogen-bond acceptors (Lipinski definition) is 4.